The highest BCUT2D eigenvalue weighted by Crippen LogP contribution is 2.12. The maximum absolute atomic E-state index is 11.3. The predicted molar refractivity (Wildman–Crippen MR) is 86.2 cm³/mol. The number of nitrogens with zero attached hydrogens (tertiary/aromatic N) is 1. The van der Waals surface area contributed by atoms with Gasteiger partial charge in [0.1, 0.15) is 0 Å². The molecule has 1 aliphatic rings. The van der Waals surface area contributed by atoms with Crippen molar-refractivity contribution in [1.82, 2.24) is 10.2 Å². The number of rotatable bonds is 11. The second kappa shape index (κ2) is 15.7. The summed E-state index contributed by atoms with van der Waals surface area (Å²) < 4.78 is 0. The highest BCUT2D eigenvalue weighted by Gasteiger charge is 2.18. The van der Waals surface area contributed by atoms with Crippen LogP contribution in [0, 0.1) is 0 Å². The van der Waals surface area contributed by atoms with E-state index in [1.165, 1.54) is 38.5 Å². The summed E-state index contributed by atoms with van der Waals surface area (Å²) in [7, 11) is 0. The first-order chi connectivity index (χ1) is 10.3. The Labute approximate surface area is 129 Å². The van der Waals surface area contributed by atoms with Crippen LogP contribution in [0.4, 0.5) is 0 Å². The van der Waals surface area contributed by atoms with Crippen LogP contribution in [0.15, 0.2) is 0 Å². The Morgan fingerprint density at radius 1 is 1.05 bits per heavy atom. The molecule has 1 heterocycles. The SMILES string of the molecule is CCCCCCCCN1CCCC1=O.OCCNCCO. The van der Waals surface area contributed by atoms with Crippen LogP contribution in [0.1, 0.15) is 58.3 Å². The number of carbonyl (C=O) groups is 1. The van der Waals surface area contributed by atoms with Gasteiger partial charge < -0.3 is 20.4 Å². The highest BCUT2D eigenvalue weighted by molar-refractivity contribution is 5.77. The smallest absolute Gasteiger partial charge is 0.222 e. The van der Waals surface area contributed by atoms with Crippen LogP contribution in [0.5, 0.6) is 0 Å². The fourth-order valence-electron chi connectivity index (χ4n) is 2.31. The first-order valence-electron chi connectivity index (χ1n) is 8.46. The minimum atomic E-state index is 0.139. The third-order valence-electron chi connectivity index (χ3n) is 3.53. The van der Waals surface area contributed by atoms with Gasteiger partial charge in [0.15, 0.2) is 0 Å². The lowest BCUT2D eigenvalue weighted by atomic mass is 10.1. The van der Waals surface area contributed by atoms with Gasteiger partial charge in [0.2, 0.25) is 5.91 Å². The molecule has 0 radical (unpaired) electrons. The molecule has 0 aromatic rings. The lowest BCUT2D eigenvalue weighted by Gasteiger charge is -2.14. The number of carbonyl (C=O) groups excluding carboxylic acids is 1. The number of unbranched alkanes of at least 4 members (excludes halogenated alkanes) is 5. The lowest BCUT2D eigenvalue weighted by Crippen LogP contribution is -2.25. The van der Waals surface area contributed by atoms with Crippen molar-refractivity contribution in [3.8, 4) is 0 Å². The van der Waals surface area contributed by atoms with Gasteiger partial charge in [-0.3, -0.25) is 4.79 Å². The topological polar surface area (TPSA) is 72.8 Å². The summed E-state index contributed by atoms with van der Waals surface area (Å²) >= 11 is 0. The van der Waals surface area contributed by atoms with Crippen LogP contribution < -0.4 is 5.32 Å². The number of likely N-dealkylation sites (tertiary alicyclic amines) is 1. The Morgan fingerprint density at radius 2 is 1.67 bits per heavy atom. The minimum Gasteiger partial charge on any atom is -0.395 e. The zero-order valence-corrected chi connectivity index (χ0v) is 13.6. The van der Waals surface area contributed by atoms with E-state index in [2.05, 4.69) is 12.2 Å². The molecular formula is C16H34N2O3. The Balaban J connectivity index is 0.000000486. The van der Waals surface area contributed by atoms with Gasteiger partial charge in [0, 0.05) is 32.6 Å². The molecule has 1 saturated heterocycles. The molecule has 0 saturated carbocycles. The van der Waals surface area contributed by atoms with E-state index >= 15 is 0 Å². The number of aliphatic hydroxyl groups is 2. The molecule has 126 valence electrons. The van der Waals surface area contributed by atoms with Gasteiger partial charge >= 0.3 is 0 Å². The summed E-state index contributed by atoms with van der Waals surface area (Å²) in [5.41, 5.74) is 0. The van der Waals surface area contributed by atoms with E-state index in [4.69, 9.17) is 10.2 Å². The number of aliphatic hydroxyl groups excluding tert-OH is 2. The Morgan fingerprint density at radius 3 is 2.19 bits per heavy atom. The molecular weight excluding hydrogens is 268 g/mol. The molecule has 3 N–H and O–H groups in total. The minimum absolute atomic E-state index is 0.139. The molecule has 0 unspecified atom stereocenters. The summed E-state index contributed by atoms with van der Waals surface area (Å²) in [5, 5.41) is 19.1. The third-order valence-corrected chi connectivity index (χ3v) is 3.53. The zero-order chi connectivity index (χ0) is 15.8. The first-order valence-corrected chi connectivity index (χ1v) is 8.46. The van der Waals surface area contributed by atoms with E-state index in [9.17, 15) is 4.79 Å². The molecule has 0 bridgehead atoms. The first kappa shape index (κ1) is 20.3. The largest absolute Gasteiger partial charge is 0.395 e. The maximum atomic E-state index is 11.3. The van der Waals surface area contributed by atoms with Gasteiger partial charge in [-0.15, -0.1) is 0 Å². The highest BCUT2D eigenvalue weighted by atomic mass is 16.3. The fourth-order valence-corrected chi connectivity index (χ4v) is 2.31. The summed E-state index contributed by atoms with van der Waals surface area (Å²) in [6.45, 7) is 5.67. The van der Waals surface area contributed by atoms with Crippen molar-refractivity contribution in [2.24, 2.45) is 0 Å². The van der Waals surface area contributed by atoms with Crippen LogP contribution >= 0.6 is 0 Å². The van der Waals surface area contributed by atoms with Crippen molar-refractivity contribution in [2.75, 3.05) is 39.4 Å². The number of amides is 1. The fraction of sp³-hybridized carbons (Fsp3) is 0.938. The van der Waals surface area contributed by atoms with E-state index in [1.807, 2.05) is 4.90 Å². The summed E-state index contributed by atoms with van der Waals surface area (Å²) in [6.07, 6.45) is 9.75. The molecule has 5 heteroatoms. The molecule has 0 aromatic heterocycles. The van der Waals surface area contributed by atoms with Gasteiger partial charge in [0.05, 0.1) is 13.2 Å². The molecule has 5 nitrogen and oxygen atoms in total. The van der Waals surface area contributed by atoms with Gasteiger partial charge in [-0.2, -0.15) is 0 Å². The van der Waals surface area contributed by atoms with Crippen molar-refractivity contribution in [2.45, 2.75) is 58.3 Å². The molecule has 21 heavy (non-hydrogen) atoms. The number of nitrogens with one attached hydrogen (secondary N) is 1. The molecule has 1 aliphatic heterocycles. The predicted octanol–water partition coefficient (Wildman–Crippen LogP) is 1.53. The van der Waals surface area contributed by atoms with E-state index in [0.717, 1.165) is 25.9 Å². The van der Waals surface area contributed by atoms with Crippen LogP contribution in [0.3, 0.4) is 0 Å². The summed E-state index contributed by atoms with van der Waals surface area (Å²) in [4.78, 5) is 13.3. The average molecular weight is 302 g/mol. The molecule has 0 aliphatic carbocycles. The summed E-state index contributed by atoms with van der Waals surface area (Å²) in [5.74, 6) is 0.374. The van der Waals surface area contributed by atoms with Crippen molar-refractivity contribution in [1.29, 1.82) is 0 Å². The van der Waals surface area contributed by atoms with E-state index < -0.39 is 0 Å². The summed E-state index contributed by atoms with van der Waals surface area (Å²) in [6, 6.07) is 0. The van der Waals surface area contributed by atoms with Crippen molar-refractivity contribution in [3.63, 3.8) is 0 Å². The third kappa shape index (κ3) is 12.8. The monoisotopic (exact) mass is 302 g/mol. The zero-order valence-electron chi connectivity index (χ0n) is 13.6. The Hall–Kier alpha value is -0.650. The van der Waals surface area contributed by atoms with Crippen LogP contribution in [-0.2, 0) is 4.79 Å². The molecule has 0 aromatic carbocycles. The normalized spacial score (nSPS) is 14.2. The van der Waals surface area contributed by atoms with Gasteiger partial charge in [-0.1, -0.05) is 39.0 Å². The van der Waals surface area contributed by atoms with Crippen molar-refractivity contribution in [3.05, 3.63) is 0 Å². The van der Waals surface area contributed by atoms with Crippen molar-refractivity contribution < 1.29 is 15.0 Å². The molecule has 0 atom stereocenters. The van der Waals surface area contributed by atoms with E-state index in [1.54, 1.807) is 0 Å². The van der Waals surface area contributed by atoms with Crippen molar-refractivity contribution >= 4 is 5.91 Å². The molecule has 1 rings (SSSR count). The average Bonchev–Trinajstić information content (AvgIpc) is 2.89. The second-order valence-corrected chi connectivity index (χ2v) is 5.45. The Bertz CT molecular complexity index is 234. The van der Waals surface area contributed by atoms with Crippen LogP contribution in [-0.4, -0.2) is 60.4 Å². The van der Waals surface area contributed by atoms with E-state index in [-0.39, 0.29) is 13.2 Å². The molecule has 1 fully saturated rings. The number of hydrogen-bond donors (Lipinski definition) is 3. The van der Waals surface area contributed by atoms with Crippen LogP contribution in [0.2, 0.25) is 0 Å². The maximum Gasteiger partial charge on any atom is 0.222 e. The van der Waals surface area contributed by atoms with Gasteiger partial charge in [-0.25, -0.2) is 0 Å². The number of hydrogen-bond acceptors (Lipinski definition) is 4. The molecule has 1 amide bonds. The second-order valence-electron chi connectivity index (χ2n) is 5.45. The van der Waals surface area contributed by atoms with Crippen LogP contribution in [0.25, 0.3) is 0 Å². The van der Waals surface area contributed by atoms with E-state index in [0.29, 0.717) is 19.0 Å². The molecule has 0 spiro atoms. The Kier molecular flexibility index (Phi) is 15.2. The standard InChI is InChI=1S/C12H23NO.C4H11NO2/c1-2-3-4-5-6-7-10-13-11-8-9-12(13)14;6-3-1-5-2-4-7/h2-11H2,1H3;5-7H,1-4H2. The van der Waals surface area contributed by atoms with Gasteiger partial charge in [0.25, 0.3) is 0 Å². The quantitative estimate of drug-likeness (QED) is 0.506. The van der Waals surface area contributed by atoms with Gasteiger partial charge in [-0.05, 0) is 12.8 Å². The lowest BCUT2D eigenvalue weighted by molar-refractivity contribution is -0.127.